The predicted octanol–water partition coefficient (Wildman–Crippen LogP) is -2.11. The van der Waals surface area contributed by atoms with Crippen molar-refractivity contribution < 1.29 is 58.2 Å². The highest BCUT2D eigenvalue weighted by molar-refractivity contribution is 5.98. The molecule has 0 aliphatic carbocycles. The van der Waals surface area contributed by atoms with E-state index in [9.17, 15) is 58.2 Å². The topological polar surface area (TPSA) is 378 Å². The van der Waals surface area contributed by atoms with Crippen molar-refractivity contribution in [2.45, 2.75) is 162 Å². The highest BCUT2D eigenvalue weighted by atomic mass is 16.3. The average molecular weight is 1060 g/mol. The summed E-state index contributed by atoms with van der Waals surface area (Å²) < 4.78 is 0. The number of benzene rings is 1. The number of nitrogens with zero attached hydrogens (tertiary/aromatic N) is 3. The number of carbonyl (C=O) groups excluding carboxylic acids is 10. The summed E-state index contributed by atoms with van der Waals surface area (Å²) >= 11 is 0. The van der Waals surface area contributed by atoms with E-state index in [1.54, 1.807) is 41.5 Å². The molecule has 0 radical (unpaired) electrons. The van der Waals surface area contributed by atoms with E-state index in [0.717, 1.165) is 4.90 Å². The second-order valence-corrected chi connectivity index (χ2v) is 19.4. The van der Waals surface area contributed by atoms with Crippen LogP contribution in [-0.2, 0) is 54.4 Å². The SMILES string of the molecule is CCC[C@H](NC(=O)[C@@H](NC(=O)[C@@H](CC(C)C)NC(=O)[C@H](Cc1ccc(O)cc1)NC(=O)CNC(=O)CN(C)C(C)=O)[C@@H](C)O)C(=O)N[C@H](C(=O)N[C@@H](CCCN=C(N)N)C(=O)N1CCC[C@H]1C(=O)NCC)[C@@H](C)CC. The fourth-order valence-corrected chi connectivity index (χ4v) is 8.11. The molecule has 1 aromatic rings. The van der Waals surface area contributed by atoms with E-state index in [1.165, 1.54) is 50.1 Å². The van der Waals surface area contributed by atoms with Crippen LogP contribution in [0.5, 0.6) is 5.75 Å². The number of phenols is 1. The molecule has 25 nitrogen and oxygen atoms in total. The molecule has 1 heterocycles. The van der Waals surface area contributed by atoms with Crippen LogP contribution in [0.4, 0.5) is 0 Å². The molecule has 2 rings (SSSR count). The number of aliphatic hydroxyl groups excluding tert-OH is 1. The van der Waals surface area contributed by atoms with Gasteiger partial charge in [-0.05, 0) is 81.9 Å². The lowest BCUT2D eigenvalue weighted by Crippen LogP contribution is -2.62. The number of aliphatic imine (C=N–C) groups is 1. The lowest BCUT2D eigenvalue weighted by atomic mass is 9.96. The maximum Gasteiger partial charge on any atom is 0.245 e. The average Bonchev–Trinajstić information content (AvgIpc) is 3.85. The van der Waals surface area contributed by atoms with Crippen LogP contribution in [0.25, 0.3) is 0 Å². The Hall–Kier alpha value is -7.05. The first-order valence-corrected chi connectivity index (χ1v) is 25.7. The third kappa shape index (κ3) is 22.1. The van der Waals surface area contributed by atoms with Crippen LogP contribution in [0, 0.1) is 11.8 Å². The molecule has 0 bridgehead atoms. The highest BCUT2D eigenvalue weighted by Gasteiger charge is 2.40. The Kier molecular flexibility index (Phi) is 27.6. The zero-order valence-corrected chi connectivity index (χ0v) is 45.0. The van der Waals surface area contributed by atoms with Crippen molar-refractivity contribution in [3.63, 3.8) is 0 Å². The minimum absolute atomic E-state index is 0.0285. The van der Waals surface area contributed by atoms with Crippen LogP contribution in [0.2, 0.25) is 0 Å². The molecular weight excluding hydrogens is 975 g/mol. The Balaban J connectivity index is 2.35. The number of nitrogens with two attached hydrogens (primary N) is 2. The number of amides is 10. The quantitative estimate of drug-likeness (QED) is 0.0215. The van der Waals surface area contributed by atoms with Crippen molar-refractivity contribution in [3.05, 3.63) is 29.8 Å². The highest BCUT2D eigenvalue weighted by Crippen LogP contribution is 2.21. The van der Waals surface area contributed by atoms with Gasteiger partial charge in [-0.1, -0.05) is 59.6 Å². The van der Waals surface area contributed by atoms with Gasteiger partial charge in [0.2, 0.25) is 59.1 Å². The Morgan fingerprint density at radius 1 is 0.747 bits per heavy atom. The van der Waals surface area contributed by atoms with Gasteiger partial charge in [-0.25, -0.2) is 0 Å². The molecule has 75 heavy (non-hydrogen) atoms. The third-order valence-electron chi connectivity index (χ3n) is 12.5. The Morgan fingerprint density at radius 3 is 1.91 bits per heavy atom. The third-order valence-corrected chi connectivity index (χ3v) is 12.5. The normalized spacial score (nSPS) is 16.3. The first-order chi connectivity index (χ1) is 35.3. The molecule has 1 saturated heterocycles. The van der Waals surface area contributed by atoms with E-state index in [1.807, 2.05) is 0 Å². The van der Waals surface area contributed by atoms with Crippen LogP contribution in [-0.4, -0.2) is 173 Å². The van der Waals surface area contributed by atoms with Crippen LogP contribution in [0.15, 0.2) is 29.3 Å². The molecule has 1 fully saturated rings. The van der Waals surface area contributed by atoms with E-state index >= 15 is 0 Å². The van der Waals surface area contributed by atoms with Gasteiger partial charge in [-0.2, -0.15) is 0 Å². The number of guanidine groups is 1. The van der Waals surface area contributed by atoms with E-state index in [2.05, 4.69) is 47.5 Å². The number of rotatable bonds is 31. The number of hydrogen-bond donors (Lipinski definition) is 12. The van der Waals surface area contributed by atoms with Crippen molar-refractivity contribution in [1.82, 2.24) is 52.3 Å². The molecule has 1 aliphatic heterocycles. The number of phenolic OH excluding ortho intramolecular Hbond substituents is 1. The van der Waals surface area contributed by atoms with E-state index in [4.69, 9.17) is 11.5 Å². The maximum atomic E-state index is 14.2. The van der Waals surface area contributed by atoms with Gasteiger partial charge in [0.25, 0.3) is 0 Å². The molecule has 25 heteroatoms. The zero-order valence-electron chi connectivity index (χ0n) is 45.0. The Labute approximate surface area is 439 Å². The number of aromatic hydroxyl groups is 1. The van der Waals surface area contributed by atoms with Gasteiger partial charge in [0.1, 0.15) is 48.0 Å². The fourth-order valence-electron chi connectivity index (χ4n) is 8.11. The van der Waals surface area contributed by atoms with Crippen molar-refractivity contribution in [2.75, 3.05) is 39.8 Å². The minimum Gasteiger partial charge on any atom is -0.508 e. The van der Waals surface area contributed by atoms with Gasteiger partial charge >= 0.3 is 0 Å². The molecule has 0 unspecified atom stereocenters. The zero-order chi connectivity index (χ0) is 56.5. The van der Waals surface area contributed by atoms with Gasteiger partial charge in [-0.3, -0.25) is 52.9 Å². The molecule has 9 atom stereocenters. The lowest BCUT2D eigenvalue weighted by molar-refractivity contribution is -0.142. The molecule has 10 amide bonds. The molecule has 0 spiro atoms. The largest absolute Gasteiger partial charge is 0.508 e. The van der Waals surface area contributed by atoms with E-state index in [-0.39, 0.29) is 74.6 Å². The van der Waals surface area contributed by atoms with E-state index < -0.39 is 108 Å². The number of aliphatic hydroxyl groups is 1. The summed E-state index contributed by atoms with van der Waals surface area (Å²) in [5.41, 5.74) is 11.5. The van der Waals surface area contributed by atoms with Crippen LogP contribution >= 0.6 is 0 Å². The Morgan fingerprint density at radius 2 is 1.33 bits per heavy atom. The first kappa shape index (κ1) is 64.1. The Bertz CT molecular complexity index is 2140. The fraction of sp³-hybridized carbons (Fsp3) is 0.660. The molecule has 0 saturated carbocycles. The van der Waals surface area contributed by atoms with Crippen molar-refractivity contribution in [2.24, 2.45) is 28.3 Å². The minimum atomic E-state index is -1.66. The lowest BCUT2D eigenvalue weighted by Gasteiger charge is -2.31. The maximum absolute atomic E-state index is 14.2. The first-order valence-electron chi connectivity index (χ1n) is 25.7. The number of likely N-dealkylation sites (N-methyl/N-ethyl adjacent to an activating group) is 2. The van der Waals surface area contributed by atoms with Gasteiger partial charge in [0.05, 0.1) is 19.2 Å². The molecule has 0 aromatic heterocycles. The number of carbonyl (C=O) groups is 10. The summed E-state index contributed by atoms with van der Waals surface area (Å²) in [6, 6.07) is -2.85. The van der Waals surface area contributed by atoms with Gasteiger partial charge in [0.15, 0.2) is 5.96 Å². The number of likely N-dealkylation sites (tertiary alicyclic amines) is 1. The predicted molar refractivity (Wildman–Crippen MR) is 279 cm³/mol. The van der Waals surface area contributed by atoms with Crippen molar-refractivity contribution in [3.8, 4) is 5.75 Å². The second-order valence-electron chi connectivity index (χ2n) is 19.4. The van der Waals surface area contributed by atoms with E-state index in [0.29, 0.717) is 44.3 Å². The monoisotopic (exact) mass is 1060 g/mol. The second kappa shape index (κ2) is 32.3. The smallest absolute Gasteiger partial charge is 0.245 e. The molecule has 1 aliphatic rings. The number of hydrogen-bond acceptors (Lipinski definition) is 13. The summed E-state index contributed by atoms with van der Waals surface area (Å²) in [6.07, 6.45) is 0.619. The standard InChI is InChI=1S/C50H83N13O12/c1-10-15-34(43(69)60-41(29(6)11-2)47(73)58-35(16-13-22-54-50(51)52)49(75)63-23-14-17-38(63)46(72)53-12-3)57-48(74)42(30(7)64)61-45(71)36(24-28(4)5)59-44(70)37(25-32-18-20-33(66)21-19-32)56-39(67)26-55-40(68)27-62(9)31(8)65/h18-21,28-30,34-38,41-42,64,66H,10-17,22-27H2,1-9H3,(H,53,72)(H,55,68)(H,56,67)(H,57,74)(H,58,73)(H,59,70)(H,60,69)(H,61,71)(H4,51,52,54)/t29-,30+,34-,35-,36+,37-,38-,41-,42-/m0/s1. The summed E-state index contributed by atoms with van der Waals surface area (Å²) in [5, 5.41) is 41.8. The van der Waals surface area contributed by atoms with Crippen LogP contribution < -0.4 is 54.0 Å². The van der Waals surface area contributed by atoms with Crippen LogP contribution in [0.3, 0.4) is 0 Å². The van der Waals surface area contributed by atoms with Gasteiger partial charge in [0, 0.05) is 40.0 Å². The molecular formula is C50H83N13O12. The van der Waals surface area contributed by atoms with Gasteiger partial charge in [-0.15, -0.1) is 0 Å². The van der Waals surface area contributed by atoms with Gasteiger partial charge < -0.3 is 74.0 Å². The summed E-state index contributed by atoms with van der Waals surface area (Å²) in [4.78, 5) is 141. The number of nitrogens with one attached hydrogen (secondary N) is 8. The molecule has 14 N–H and O–H groups in total. The van der Waals surface area contributed by atoms with Crippen molar-refractivity contribution in [1.29, 1.82) is 0 Å². The summed E-state index contributed by atoms with van der Waals surface area (Å²) in [7, 11) is 1.41. The molecule has 1 aromatic carbocycles. The van der Waals surface area contributed by atoms with Crippen LogP contribution in [0.1, 0.15) is 112 Å². The summed E-state index contributed by atoms with van der Waals surface area (Å²) in [5.74, 6) is -7.59. The van der Waals surface area contributed by atoms with Crippen molar-refractivity contribution >= 4 is 65.0 Å². The summed E-state index contributed by atoms with van der Waals surface area (Å²) in [6.45, 7) is 13.1. The molecule has 420 valence electrons.